The molecule has 18 heavy (non-hydrogen) atoms. The molecule has 3 N–H and O–H groups in total. The van der Waals surface area contributed by atoms with Crippen molar-refractivity contribution in [2.45, 2.75) is 6.61 Å². The zero-order valence-corrected chi connectivity index (χ0v) is 12.3. The predicted octanol–water partition coefficient (Wildman–Crippen LogP) is 3.76. The maximum absolute atomic E-state index is 5.74. The summed E-state index contributed by atoms with van der Waals surface area (Å²) in [7, 11) is 1.70. The van der Waals surface area contributed by atoms with Gasteiger partial charge in [0.05, 0.1) is 12.3 Å². The maximum Gasteiger partial charge on any atom is 0.0713 e. The zero-order chi connectivity index (χ0) is 13.0. The lowest BCUT2D eigenvalue weighted by molar-refractivity contribution is 0.185. The van der Waals surface area contributed by atoms with Crippen LogP contribution in [0.1, 0.15) is 5.56 Å². The molecule has 0 aliphatic carbocycles. The second-order valence-electron chi connectivity index (χ2n) is 4.00. The van der Waals surface area contributed by atoms with Gasteiger partial charge < -0.3 is 15.8 Å². The van der Waals surface area contributed by atoms with E-state index in [4.69, 9.17) is 10.5 Å². The molecule has 0 saturated carbocycles. The highest BCUT2D eigenvalue weighted by molar-refractivity contribution is 14.1. The SMILES string of the molecule is COCc1cccc(Nc2ccc(N)cc2I)c1. The molecule has 3 nitrogen and oxygen atoms in total. The summed E-state index contributed by atoms with van der Waals surface area (Å²) in [5.74, 6) is 0. The van der Waals surface area contributed by atoms with Gasteiger partial charge in [-0.3, -0.25) is 0 Å². The monoisotopic (exact) mass is 354 g/mol. The van der Waals surface area contributed by atoms with Gasteiger partial charge in [0, 0.05) is 22.1 Å². The van der Waals surface area contributed by atoms with Gasteiger partial charge in [0.25, 0.3) is 0 Å². The number of nitrogen functional groups attached to an aromatic ring is 1. The van der Waals surface area contributed by atoms with Crippen molar-refractivity contribution >= 4 is 39.7 Å². The largest absolute Gasteiger partial charge is 0.399 e. The van der Waals surface area contributed by atoms with E-state index in [0.29, 0.717) is 6.61 Å². The molecule has 0 atom stereocenters. The van der Waals surface area contributed by atoms with Gasteiger partial charge in [-0.05, 0) is 58.5 Å². The molecule has 0 bridgehead atoms. The molecule has 0 aliphatic rings. The third-order valence-electron chi connectivity index (χ3n) is 2.51. The fourth-order valence-electron chi connectivity index (χ4n) is 1.69. The molecule has 4 heteroatoms. The molecule has 94 valence electrons. The molecule has 0 aliphatic heterocycles. The lowest BCUT2D eigenvalue weighted by Gasteiger charge is -2.10. The highest BCUT2D eigenvalue weighted by Gasteiger charge is 2.01. The lowest BCUT2D eigenvalue weighted by Crippen LogP contribution is -1.96. The molecule has 0 heterocycles. The van der Waals surface area contributed by atoms with Crippen molar-refractivity contribution in [1.82, 2.24) is 0 Å². The summed E-state index contributed by atoms with van der Waals surface area (Å²) in [5.41, 5.74) is 9.76. The molecule has 2 rings (SSSR count). The number of nitrogens with two attached hydrogens (primary N) is 1. The molecular weight excluding hydrogens is 339 g/mol. The number of halogens is 1. The smallest absolute Gasteiger partial charge is 0.0713 e. The summed E-state index contributed by atoms with van der Waals surface area (Å²) in [4.78, 5) is 0. The van der Waals surface area contributed by atoms with Gasteiger partial charge in [0.1, 0.15) is 0 Å². The van der Waals surface area contributed by atoms with Gasteiger partial charge in [-0.1, -0.05) is 12.1 Å². The average Bonchev–Trinajstić information content (AvgIpc) is 2.34. The zero-order valence-electron chi connectivity index (χ0n) is 10.1. The van der Waals surface area contributed by atoms with Crippen LogP contribution in [0.25, 0.3) is 0 Å². The Labute approximate surface area is 120 Å². The summed E-state index contributed by atoms with van der Waals surface area (Å²) in [6.07, 6.45) is 0. The first-order valence-corrected chi connectivity index (χ1v) is 6.67. The third kappa shape index (κ3) is 3.36. The van der Waals surface area contributed by atoms with E-state index in [2.05, 4.69) is 34.0 Å². The van der Waals surface area contributed by atoms with Crippen LogP contribution >= 0.6 is 22.6 Å². The third-order valence-corrected chi connectivity index (χ3v) is 3.40. The Hall–Kier alpha value is -1.27. The van der Waals surface area contributed by atoms with Crippen molar-refractivity contribution in [3.63, 3.8) is 0 Å². The van der Waals surface area contributed by atoms with Crippen molar-refractivity contribution in [2.75, 3.05) is 18.2 Å². The molecule has 2 aromatic rings. The van der Waals surface area contributed by atoms with E-state index >= 15 is 0 Å². The van der Waals surface area contributed by atoms with Crippen molar-refractivity contribution < 1.29 is 4.74 Å². The number of ether oxygens (including phenoxy) is 1. The number of hydrogen-bond donors (Lipinski definition) is 2. The topological polar surface area (TPSA) is 47.3 Å². The Balaban J connectivity index is 2.20. The quantitative estimate of drug-likeness (QED) is 0.649. The second-order valence-corrected chi connectivity index (χ2v) is 5.16. The van der Waals surface area contributed by atoms with Crippen LogP contribution in [0.3, 0.4) is 0 Å². The van der Waals surface area contributed by atoms with E-state index in [-0.39, 0.29) is 0 Å². The van der Waals surface area contributed by atoms with Gasteiger partial charge in [-0.25, -0.2) is 0 Å². The fraction of sp³-hybridized carbons (Fsp3) is 0.143. The number of benzene rings is 2. The van der Waals surface area contributed by atoms with Gasteiger partial charge in [-0.2, -0.15) is 0 Å². The van der Waals surface area contributed by atoms with Crippen LogP contribution in [0.4, 0.5) is 17.1 Å². The van der Waals surface area contributed by atoms with E-state index in [1.165, 1.54) is 0 Å². The van der Waals surface area contributed by atoms with E-state index < -0.39 is 0 Å². The Morgan fingerprint density at radius 1 is 1.22 bits per heavy atom. The first-order valence-electron chi connectivity index (χ1n) is 5.59. The average molecular weight is 354 g/mol. The maximum atomic E-state index is 5.74. The number of anilines is 3. The minimum Gasteiger partial charge on any atom is -0.399 e. The predicted molar refractivity (Wildman–Crippen MR) is 84.0 cm³/mol. The molecule has 0 fully saturated rings. The Bertz CT molecular complexity index is 543. The van der Waals surface area contributed by atoms with Crippen LogP contribution in [0.15, 0.2) is 42.5 Å². The van der Waals surface area contributed by atoms with E-state index in [0.717, 1.165) is 26.2 Å². The van der Waals surface area contributed by atoms with Crippen molar-refractivity contribution in [3.05, 3.63) is 51.6 Å². The van der Waals surface area contributed by atoms with Gasteiger partial charge in [0.2, 0.25) is 0 Å². The summed E-state index contributed by atoms with van der Waals surface area (Å²) in [5, 5.41) is 3.38. The summed E-state index contributed by atoms with van der Waals surface area (Å²) >= 11 is 2.27. The second kappa shape index (κ2) is 6.06. The van der Waals surface area contributed by atoms with Crippen LogP contribution in [0.5, 0.6) is 0 Å². The molecule has 0 radical (unpaired) electrons. The minimum atomic E-state index is 0.619. The number of methoxy groups -OCH3 is 1. The van der Waals surface area contributed by atoms with Crippen molar-refractivity contribution in [1.29, 1.82) is 0 Å². The molecule has 0 spiro atoms. The van der Waals surface area contributed by atoms with Crippen LogP contribution in [-0.4, -0.2) is 7.11 Å². The molecule has 0 amide bonds. The van der Waals surface area contributed by atoms with Crippen LogP contribution < -0.4 is 11.1 Å². The lowest BCUT2D eigenvalue weighted by atomic mass is 10.2. The summed E-state index contributed by atoms with van der Waals surface area (Å²) in [6.45, 7) is 0.619. The Morgan fingerprint density at radius 3 is 2.78 bits per heavy atom. The Kier molecular flexibility index (Phi) is 4.43. The summed E-state index contributed by atoms with van der Waals surface area (Å²) < 4.78 is 6.23. The van der Waals surface area contributed by atoms with Crippen molar-refractivity contribution in [2.24, 2.45) is 0 Å². The van der Waals surface area contributed by atoms with Crippen LogP contribution in [-0.2, 0) is 11.3 Å². The first kappa shape index (κ1) is 13.2. The fourth-order valence-corrected chi connectivity index (χ4v) is 2.37. The van der Waals surface area contributed by atoms with Gasteiger partial charge >= 0.3 is 0 Å². The highest BCUT2D eigenvalue weighted by Crippen LogP contribution is 2.25. The highest BCUT2D eigenvalue weighted by atomic mass is 127. The number of nitrogens with one attached hydrogen (secondary N) is 1. The minimum absolute atomic E-state index is 0.619. The molecule has 0 saturated heterocycles. The van der Waals surface area contributed by atoms with Crippen molar-refractivity contribution in [3.8, 4) is 0 Å². The summed E-state index contributed by atoms with van der Waals surface area (Å²) in [6, 6.07) is 14.0. The normalized spacial score (nSPS) is 10.3. The molecular formula is C14H15IN2O. The van der Waals surface area contributed by atoms with E-state index in [1.807, 2.05) is 36.4 Å². The molecule has 0 unspecified atom stereocenters. The van der Waals surface area contributed by atoms with E-state index in [9.17, 15) is 0 Å². The standard InChI is InChI=1S/C14H15IN2O/c1-18-9-10-3-2-4-12(7-10)17-14-6-5-11(16)8-13(14)15/h2-8,17H,9,16H2,1H3. The number of rotatable bonds is 4. The van der Waals surface area contributed by atoms with Crippen LogP contribution in [0, 0.1) is 3.57 Å². The molecule has 0 aromatic heterocycles. The first-order chi connectivity index (χ1) is 8.69. The van der Waals surface area contributed by atoms with Gasteiger partial charge in [-0.15, -0.1) is 0 Å². The van der Waals surface area contributed by atoms with Gasteiger partial charge in [0.15, 0.2) is 0 Å². The number of hydrogen-bond acceptors (Lipinski definition) is 3. The molecule has 2 aromatic carbocycles. The Morgan fingerprint density at radius 2 is 2.06 bits per heavy atom. The van der Waals surface area contributed by atoms with E-state index in [1.54, 1.807) is 7.11 Å². The van der Waals surface area contributed by atoms with Crippen LogP contribution in [0.2, 0.25) is 0 Å².